The molecule has 1 amide bonds. The van der Waals surface area contributed by atoms with Gasteiger partial charge >= 0.3 is 0 Å². The van der Waals surface area contributed by atoms with Crippen LogP contribution in [0.25, 0.3) is 6.08 Å². The number of ether oxygens (including phenoxy) is 1. The summed E-state index contributed by atoms with van der Waals surface area (Å²) in [7, 11) is 0. The predicted octanol–water partition coefficient (Wildman–Crippen LogP) is 2.85. The number of amidine groups is 1. The molecule has 0 spiro atoms. The van der Waals surface area contributed by atoms with Gasteiger partial charge in [0.15, 0.2) is 5.17 Å². The number of carbonyl (C=O) groups is 1. The fraction of sp³-hybridized carbons (Fsp3) is 0.333. The maximum absolute atomic E-state index is 12.4. The molecule has 0 aromatic heterocycles. The summed E-state index contributed by atoms with van der Waals surface area (Å²) in [6.07, 6.45) is 2.91. The van der Waals surface area contributed by atoms with Crippen LogP contribution in [-0.2, 0) is 11.3 Å². The standard InChI is InChI=1S/C24H27N3O2S/c1-2-16-29-21-10-8-19(9-11-21)17-22-23(28)25-24(30-22)27-14-12-26(13-15-27)18-20-6-4-3-5-7-20/h3-11,17H,2,12-16,18H2,1H3/p+1/b22-17-. The van der Waals surface area contributed by atoms with Crippen molar-refractivity contribution in [3.05, 3.63) is 70.6 Å². The molecule has 2 aliphatic rings. The molecule has 2 aliphatic heterocycles. The molecule has 30 heavy (non-hydrogen) atoms. The molecule has 2 aromatic carbocycles. The molecular formula is C24H28N3O2S+. The van der Waals surface area contributed by atoms with Crippen LogP contribution >= 0.6 is 11.8 Å². The molecule has 0 atom stereocenters. The molecule has 1 fully saturated rings. The van der Waals surface area contributed by atoms with E-state index in [1.54, 1.807) is 4.90 Å². The molecule has 4 rings (SSSR count). The van der Waals surface area contributed by atoms with Crippen molar-refractivity contribution in [2.75, 3.05) is 32.8 Å². The minimum Gasteiger partial charge on any atom is -0.494 e. The van der Waals surface area contributed by atoms with E-state index in [-0.39, 0.29) is 5.91 Å². The van der Waals surface area contributed by atoms with Gasteiger partial charge in [0.1, 0.15) is 12.3 Å². The lowest BCUT2D eigenvalue weighted by molar-refractivity contribution is -0.917. The van der Waals surface area contributed by atoms with Gasteiger partial charge in [-0.1, -0.05) is 49.4 Å². The van der Waals surface area contributed by atoms with Gasteiger partial charge < -0.3 is 14.5 Å². The summed E-state index contributed by atoms with van der Waals surface area (Å²) in [6, 6.07) is 18.5. The van der Waals surface area contributed by atoms with E-state index in [4.69, 9.17) is 4.74 Å². The van der Waals surface area contributed by atoms with Gasteiger partial charge in [-0.25, -0.2) is 0 Å². The first kappa shape index (κ1) is 20.7. The molecule has 0 bridgehead atoms. The summed E-state index contributed by atoms with van der Waals surface area (Å²) in [5.41, 5.74) is 2.36. The summed E-state index contributed by atoms with van der Waals surface area (Å²) in [5, 5.41) is 0.841. The zero-order valence-corrected chi connectivity index (χ0v) is 18.2. The van der Waals surface area contributed by atoms with E-state index in [9.17, 15) is 4.79 Å². The molecule has 2 aromatic rings. The maximum Gasteiger partial charge on any atom is 0.286 e. The Hall–Kier alpha value is -2.57. The average Bonchev–Trinajstić information content (AvgIpc) is 3.14. The summed E-state index contributed by atoms with van der Waals surface area (Å²) in [4.78, 5) is 21.2. The lowest BCUT2D eigenvalue weighted by Crippen LogP contribution is -3.13. The Labute approximate surface area is 182 Å². The van der Waals surface area contributed by atoms with E-state index in [1.807, 2.05) is 30.3 Å². The van der Waals surface area contributed by atoms with Crippen LogP contribution in [0, 0.1) is 0 Å². The summed E-state index contributed by atoms with van der Waals surface area (Å²) in [5.74, 6) is 0.720. The largest absolute Gasteiger partial charge is 0.494 e. The molecule has 1 saturated heterocycles. The number of hydrogen-bond donors (Lipinski definition) is 1. The molecule has 0 unspecified atom stereocenters. The number of carbonyl (C=O) groups excluding carboxylic acids is 1. The average molecular weight is 423 g/mol. The van der Waals surface area contributed by atoms with Crippen molar-refractivity contribution in [3.63, 3.8) is 0 Å². The summed E-state index contributed by atoms with van der Waals surface area (Å²) < 4.78 is 5.62. The summed E-state index contributed by atoms with van der Waals surface area (Å²) >= 11 is 1.49. The predicted molar refractivity (Wildman–Crippen MR) is 123 cm³/mol. The Kier molecular flexibility index (Phi) is 6.87. The normalized spacial score (nSPS) is 18.7. The SMILES string of the molecule is CCCOc1ccc(/C=C2\SC(N3CC[NH+](Cc4ccccc4)CC3)=NC2=O)cc1. The van der Waals surface area contributed by atoms with Crippen molar-refractivity contribution in [2.45, 2.75) is 19.9 Å². The molecule has 0 radical (unpaired) electrons. The van der Waals surface area contributed by atoms with Gasteiger partial charge in [-0.15, -0.1) is 0 Å². The number of piperazine rings is 1. The molecule has 1 N–H and O–H groups in total. The van der Waals surface area contributed by atoms with E-state index in [0.717, 1.165) is 55.6 Å². The second-order valence-corrected chi connectivity index (χ2v) is 8.64. The number of rotatable bonds is 6. The number of aliphatic imine (C=N–C) groups is 1. The molecule has 6 heteroatoms. The molecule has 156 valence electrons. The van der Waals surface area contributed by atoms with Gasteiger partial charge in [-0.05, 0) is 42.0 Å². The zero-order valence-electron chi connectivity index (χ0n) is 17.3. The third-order valence-corrected chi connectivity index (χ3v) is 6.34. The van der Waals surface area contributed by atoms with Crippen LogP contribution in [0.1, 0.15) is 24.5 Å². The lowest BCUT2D eigenvalue weighted by atomic mass is 10.2. The molecule has 0 aliphatic carbocycles. The monoisotopic (exact) mass is 422 g/mol. The van der Waals surface area contributed by atoms with Crippen LogP contribution < -0.4 is 9.64 Å². The second kappa shape index (κ2) is 9.96. The fourth-order valence-electron chi connectivity index (χ4n) is 3.64. The molecule has 2 heterocycles. The van der Waals surface area contributed by atoms with E-state index >= 15 is 0 Å². The van der Waals surface area contributed by atoms with Gasteiger partial charge in [0.25, 0.3) is 5.91 Å². The molecular weight excluding hydrogens is 394 g/mol. The van der Waals surface area contributed by atoms with Crippen LogP contribution in [0.2, 0.25) is 0 Å². The number of quaternary nitrogens is 1. The number of nitrogens with one attached hydrogen (secondary N) is 1. The van der Waals surface area contributed by atoms with E-state index in [1.165, 1.54) is 17.3 Å². The Morgan fingerprint density at radius 3 is 2.53 bits per heavy atom. The highest BCUT2D eigenvalue weighted by Gasteiger charge is 2.29. The first-order valence-electron chi connectivity index (χ1n) is 10.6. The summed E-state index contributed by atoms with van der Waals surface area (Å²) in [6.45, 7) is 7.82. The van der Waals surface area contributed by atoms with E-state index in [2.05, 4.69) is 47.1 Å². The Morgan fingerprint density at radius 2 is 1.83 bits per heavy atom. The second-order valence-electron chi connectivity index (χ2n) is 7.63. The van der Waals surface area contributed by atoms with Gasteiger partial charge in [-0.3, -0.25) is 4.79 Å². The van der Waals surface area contributed by atoms with Crippen molar-refractivity contribution >= 4 is 28.9 Å². The highest BCUT2D eigenvalue weighted by Crippen LogP contribution is 2.30. The molecule has 5 nitrogen and oxygen atoms in total. The van der Waals surface area contributed by atoms with E-state index < -0.39 is 0 Å². The fourth-order valence-corrected chi connectivity index (χ4v) is 4.61. The highest BCUT2D eigenvalue weighted by atomic mass is 32.2. The quantitative estimate of drug-likeness (QED) is 0.728. The van der Waals surface area contributed by atoms with Crippen molar-refractivity contribution < 1.29 is 14.4 Å². The maximum atomic E-state index is 12.4. The minimum atomic E-state index is -0.139. The number of nitrogens with zero attached hydrogens (tertiary/aromatic N) is 2. The topological polar surface area (TPSA) is 46.3 Å². The van der Waals surface area contributed by atoms with Crippen molar-refractivity contribution in [1.29, 1.82) is 0 Å². The third kappa shape index (κ3) is 5.32. The third-order valence-electron chi connectivity index (χ3n) is 5.30. The smallest absolute Gasteiger partial charge is 0.286 e. The van der Waals surface area contributed by atoms with Crippen LogP contribution in [0.15, 0.2) is 64.5 Å². The Balaban J connectivity index is 1.31. The zero-order chi connectivity index (χ0) is 20.8. The van der Waals surface area contributed by atoms with Crippen LogP contribution in [-0.4, -0.2) is 48.8 Å². The Morgan fingerprint density at radius 1 is 1.10 bits per heavy atom. The van der Waals surface area contributed by atoms with E-state index in [0.29, 0.717) is 11.5 Å². The number of hydrogen-bond acceptors (Lipinski definition) is 4. The van der Waals surface area contributed by atoms with Crippen LogP contribution in [0.3, 0.4) is 0 Å². The van der Waals surface area contributed by atoms with Gasteiger partial charge in [0.2, 0.25) is 0 Å². The van der Waals surface area contributed by atoms with Crippen molar-refractivity contribution in [3.8, 4) is 5.75 Å². The molecule has 0 saturated carbocycles. The number of thioether (sulfide) groups is 1. The van der Waals surface area contributed by atoms with Crippen LogP contribution in [0.4, 0.5) is 0 Å². The number of amides is 1. The van der Waals surface area contributed by atoms with Crippen molar-refractivity contribution in [2.24, 2.45) is 4.99 Å². The van der Waals surface area contributed by atoms with Crippen LogP contribution in [0.5, 0.6) is 5.75 Å². The lowest BCUT2D eigenvalue weighted by Gasteiger charge is -2.32. The first-order valence-corrected chi connectivity index (χ1v) is 11.4. The first-order chi connectivity index (χ1) is 14.7. The van der Waals surface area contributed by atoms with Gasteiger partial charge in [0, 0.05) is 5.56 Å². The van der Waals surface area contributed by atoms with Gasteiger partial charge in [-0.2, -0.15) is 4.99 Å². The Bertz CT molecular complexity index is 917. The minimum absolute atomic E-state index is 0.139. The van der Waals surface area contributed by atoms with Gasteiger partial charge in [0.05, 0.1) is 37.7 Å². The highest BCUT2D eigenvalue weighted by molar-refractivity contribution is 8.18. The van der Waals surface area contributed by atoms with Crippen molar-refractivity contribution in [1.82, 2.24) is 4.90 Å². The number of benzene rings is 2.